The van der Waals surface area contributed by atoms with Crippen LogP contribution in [-0.4, -0.2) is 41.8 Å². The number of carbonyl (C=O) groups is 2. The van der Waals surface area contributed by atoms with Crippen molar-refractivity contribution in [2.75, 3.05) is 18.5 Å². The Bertz CT molecular complexity index is 686. The van der Waals surface area contributed by atoms with Crippen LogP contribution in [0.15, 0.2) is 24.3 Å². The molecule has 2 amide bonds. The van der Waals surface area contributed by atoms with Crippen LogP contribution in [0.5, 0.6) is 0 Å². The van der Waals surface area contributed by atoms with E-state index in [1.165, 1.54) is 24.3 Å². The first kappa shape index (κ1) is 17.3. The van der Waals surface area contributed by atoms with E-state index in [0.717, 1.165) is 25.7 Å². The fourth-order valence-corrected chi connectivity index (χ4v) is 3.10. The number of nitrogens with zero attached hydrogens (tertiary/aromatic N) is 1. The molecule has 0 bridgehead atoms. The summed E-state index contributed by atoms with van der Waals surface area (Å²) in [4.78, 5) is 34.1. The second kappa shape index (κ2) is 7.16. The van der Waals surface area contributed by atoms with Crippen LogP contribution in [0, 0.1) is 10.1 Å². The maximum Gasteiger partial charge on any atom is 0.313 e. The Balaban J connectivity index is 1.50. The van der Waals surface area contributed by atoms with Gasteiger partial charge in [0.1, 0.15) is 11.8 Å². The zero-order valence-corrected chi connectivity index (χ0v) is 13.5. The summed E-state index contributed by atoms with van der Waals surface area (Å²) in [7, 11) is 0. The van der Waals surface area contributed by atoms with E-state index in [0.29, 0.717) is 6.61 Å². The molecule has 1 saturated carbocycles. The third-order valence-electron chi connectivity index (χ3n) is 4.32. The highest BCUT2D eigenvalue weighted by molar-refractivity contribution is 6.39. The third-order valence-corrected chi connectivity index (χ3v) is 4.32. The standard InChI is InChI=1S/C16H19N3O6/c20-14(15(21)18-12-5-1-2-6-13(12)19(22)23)17-9-11-10-24-16(25-11)7-3-4-8-16/h1-2,5-6,11H,3-4,7-10H2,(H,17,20)(H,18,21)/t11-/m1/s1. The summed E-state index contributed by atoms with van der Waals surface area (Å²) in [6.07, 6.45) is 3.49. The van der Waals surface area contributed by atoms with E-state index in [4.69, 9.17) is 9.47 Å². The van der Waals surface area contributed by atoms with Gasteiger partial charge in [0, 0.05) is 25.5 Å². The van der Waals surface area contributed by atoms with E-state index in [9.17, 15) is 19.7 Å². The number of hydrogen-bond donors (Lipinski definition) is 2. The number of benzene rings is 1. The molecule has 1 heterocycles. The lowest BCUT2D eigenvalue weighted by Gasteiger charge is -2.21. The quantitative estimate of drug-likeness (QED) is 0.481. The molecule has 1 aromatic rings. The third kappa shape index (κ3) is 3.94. The van der Waals surface area contributed by atoms with E-state index in [2.05, 4.69) is 10.6 Å². The summed E-state index contributed by atoms with van der Waals surface area (Å²) < 4.78 is 11.5. The van der Waals surface area contributed by atoms with Crippen molar-refractivity contribution in [1.29, 1.82) is 0 Å². The lowest BCUT2D eigenvalue weighted by molar-refractivity contribution is -0.383. The normalized spacial score (nSPS) is 21.2. The minimum absolute atomic E-state index is 0.0296. The Hall–Kier alpha value is -2.52. The van der Waals surface area contributed by atoms with Crippen LogP contribution in [0.1, 0.15) is 25.7 Å². The number of nitrogens with one attached hydrogen (secondary N) is 2. The van der Waals surface area contributed by atoms with Crippen LogP contribution in [0.4, 0.5) is 11.4 Å². The van der Waals surface area contributed by atoms with Crippen molar-refractivity contribution in [3.63, 3.8) is 0 Å². The molecule has 0 radical (unpaired) electrons. The van der Waals surface area contributed by atoms with E-state index >= 15 is 0 Å². The average Bonchev–Trinajstić information content (AvgIpc) is 3.23. The SMILES string of the molecule is O=C(NC[C@@H]1COC2(CCCC2)O1)C(=O)Nc1ccccc1[N+](=O)[O-]. The van der Waals surface area contributed by atoms with Crippen molar-refractivity contribution < 1.29 is 24.0 Å². The number of amides is 2. The van der Waals surface area contributed by atoms with Gasteiger partial charge in [0.25, 0.3) is 5.69 Å². The molecule has 9 heteroatoms. The second-order valence-corrected chi connectivity index (χ2v) is 6.11. The molecule has 2 fully saturated rings. The van der Waals surface area contributed by atoms with Crippen LogP contribution in [0.3, 0.4) is 0 Å². The zero-order valence-electron chi connectivity index (χ0n) is 13.5. The first-order valence-corrected chi connectivity index (χ1v) is 8.13. The van der Waals surface area contributed by atoms with Crippen molar-refractivity contribution in [2.45, 2.75) is 37.6 Å². The fourth-order valence-electron chi connectivity index (χ4n) is 3.10. The Morgan fingerprint density at radius 1 is 1.24 bits per heavy atom. The van der Waals surface area contributed by atoms with Gasteiger partial charge in [-0.15, -0.1) is 0 Å². The van der Waals surface area contributed by atoms with Gasteiger partial charge in [-0.3, -0.25) is 19.7 Å². The number of hydrogen-bond acceptors (Lipinski definition) is 6. The number of anilines is 1. The van der Waals surface area contributed by atoms with Crippen LogP contribution in [0.2, 0.25) is 0 Å². The molecule has 0 unspecified atom stereocenters. The maximum absolute atomic E-state index is 11.9. The van der Waals surface area contributed by atoms with E-state index in [1.807, 2.05) is 0 Å². The van der Waals surface area contributed by atoms with Crippen LogP contribution >= 0.6 is 0 Å². The summed E-state index contributed by atoms with van der Waals surface area (Å²) in [5.74, 6) is -2.37. The predicted molar refractivity (Wildman–Crippen MR) is 86.8 cm³/mol. The van der Waals surface area contributed by atoms with Gasteiger partial charge in [0.2, 0.25) is 0 Å². The largest absolute Gasteiger partial charge is 0.347 e. The Morgan fingerprint density at radius 2 is 1.96 bits per heavy atom. The minimum Gasteiger partial charge on any atom is -0.347 e. The number of carbonyl (C=O) groups excluding carboxylic acids is 2. The van der Waals surface area contributed by atoms with Crippen LogP contribution in [0.25, 0.3) is 0 Å². The number of para-hydroxylation sites is 2. The summed E-state index contributed by atoms with van der Waals surface area (Å²) in [5, 5.41) is 15.6. The molecule has 1 atom stereocenters. The van der Waals surface area contributed by atoms with Gasteiger partial charge in [-0.05, 0) is 18.9 Å². The number of nitro groups is 1. The Labute approximate surface area is 143 Å². The molecule has 0 aromatic heterocycles. The van der Waals surface area contributed by atoms with Crippen molar-refractivity contribution in [2.24, 2.45) is 0 Å². The highest BCUT2D eigenvalue weighted by Crippen LogP contribution is 2.38. The first-order valence-electron chi connectivity index (χ1n) is 8.13. The van der Waals surface area contributed by atoms with Gasteiger partial charge in [-0.2, -0.15) is 0 Å². The maximum atomic E-state index is 11.9. The van der Waals surface area contributed by atoms with Gasteiger partial charge in [0.05, 0.1) is 11.5 Å². The Morgan fingerprint density at radius 3 is 2.68 bits per heavy atom. The van der Waals surface area contributed by atoms with Gasteiger partial charge in [0.15, 0.2) is 5.79 Å². The molecule has 25 heavy (non-hydrogen) atoms. The molecule has 1 spiro atoms. The molecule has 1 aliphatic carbocycles. The average molecular weight is 349 g/mol. The van der Waals surface area contributed by atoms with Gasteiger partial charge >= 0.3 is 11.8 Å². The highest BCUT2D eigenvalue weighted by Gasteiger charge is 2.43. The Kier molecular flexibility index (Phi) is 4.95. The van der Waals surface area contributed by atoms with Crippen molar-refractivity contribution >= 4 is 23.2 Å². The first-order chi connectivity index (χ1) is 12.0. The smallest absolute Gasteiger partial charge is 0.313 e. The molecule has 3 rings (SSSR count). The summed E-state index contributed by atoms with van der Waals surface area (Å²) in [5.41, 5.74) is -0.308. The molecular weight excluding hydrogens is 330 g/mol. The lowest BCUT2D eigenvalue weighted by atomic mass is 10.2. The van der Waals surface area contributed by atoms with Gasteiger partial charge in [-0.1, -0.05) is 12.1 Å². The fraction of sp³-hybridized carbons (Fsp3) is 0.500. The molecule has 2 N–H and O–H groups in total. The van der Waals surface area contributed by atoms with E-state index < -0.39 is 22.5 Å². The lowest BCUT2D eigenvalue weighted by Crippen LogP contribution is -2.40. The molecular formula is C16H19N3O6. The number of nitro benzene ring substituents is 1. The summed E-state index contributed by atoms with van der Waals surface area (Å²) in [6.45, 7) is 0.511. The highest BCUT2D eigenvalue weighted by atomic mass is 16.7. The van der Waals surface area contributed by atoms with Gasteiger partial charge in [-0.25, -0.2) is 0 Å². The van der Waals surface area contributed by atoms with Crippen molar-refractivity contribution in [3.8, 4) is 0 Å². The van der Waals surface area contributed by atoms with E-state index in [-0.39, 0.29) is 24.0 Å². The van der Waals surface area contributed by atoms with Crippen molar-refractivity contribution in [1.82, 2.24) is 5.32 Å². The second-order valence-electron chi connectivity index (χ2n) is 6.11. The van der Waals surface area contributed by atoms with Gasteiger partial charge < -0.3 is 20.1 Å². The molecule has 1 aromatic carbocycles. The molecule has 9 nitrogen and oxygen atoms in total. The molecule has 1 aliphatic heterocycles. The van der Waals surface area contributed by atoms with E-state index in [1.54, 1.807) is 0 Å². The zero-order chi connectivity index (χ0) is 17.9. The summed E-state index contributed by atoms with van der Waals surface area (Å²) in [6, 6.07) is 5.62. The monoisotopic (exact) mass is 349 g/mol. The topological polar surface area (TPSA) is 120 Å². The summed E-state index contributed by atoms with van der Waals surface area (Å²) >= 11 is 0. The number of rotatable bonds is 4. The van der Waals surface area contributed by atoms with Crippen molar-refractivity contribution in [3.05, 3.63) is 34.4 Å². The molecule has 2 aliphatic rings. The molecule has 1 saturated heterocycles. The number of ether oxygens (including phenoxy) is 2. The molecule has 134 valence electrons. The predicted octanol–water partition coefficient (Wildman–Crippen LogP) is 1.34. The minimum atomic E-state index is -0.969. The van der Waals surface area contributed by atoms with Crippen LogP contribution < -0.4 is 10.6 Å². The van der Waals surface area contributed by atoms with Crippen LogP contribution in [-0.2, 0) is 19.1 Å².